The van der Waals surface area contributed by atoms with E-state index in [4.69, 9.17) is 10.5 Å². The van der Waals surface area contributed by atoms with E-state index in [1.54, 1.807) is 6.07 Å². The second-order valence-electron chi connectivity index (χ2n) is 4.84. The van der Waals surface area contributed by atoms with Crippen LogP contribution >= 0.6 is 0 Å². The molecule has 102 valence electrons. The van der Waals surface area contributed by atoms with Crippen LogP contribution in [0.15, 0.2) is 18.2 Å². The van der Waals surface area contributed by atoms with Crippen molar-refractivity contribution < 1.29 is 9.13 Å². The molecule has 1 rings (SSSR count). The van der Waals surface area contributed by atoms with E-state index >= 15 is 0 Å². The van der Waals surface area contributed by atoms with Gasteiger partial charge in [-0.3, -0.25) is 0 Å². The lowest BCUT2D eigenvalue weighted by molar-refractivity contribution is 0.0845. The zero-order valence-corrected chi connectivity index (χ0v) is 11.6. The maximum atomic E-state index is 13.9. The van der Waals surface area contributed by atoms with Gasteiger partial charge in [0.25, 0.3) is 0 Å². The van der Waals surface area contributed by atoms with Crippen molar-refractivity contribution in [3.63, 3.8) is 0 Å². The second-order valence-corrected chi connectivity index (χ2v) is 4.84. The Morgan fingerprint density at radius 1 is 1.33 bits per heavy atom. The Morgan fingerprint density at radius 2 is 2.00 bits per heavy atom. The normalized spacial score (nSPS) is 12.8. The van der Waals surface area contributed by atoms with Gasteiger partial charge in [-0.2, -0.15) is 0 Å². The van der Waals surface area contributed by atoms with E-state index in [0.29, 0.717) is 18.8 Å². The van der Waals surface area contributed by atoms with Gasteiger partial charge in [-0.15, -0.1) is 0 Å². The Morgan fingerprint density at radius 3 is 2.50 bits per heavy atom. The molecule has 0 aliphatic rings. The van der Waals surface area contributed by atoms with Crippen LogP contribution in [0.1, 0.15) is 32.4 Å². The lowest BCUT2D eigenvalue weighted by Crippen LogP contribution is -2.24. The summed E-state index contributed by atoms with van der Waals surface area (Å²) < 4.78 is 19.4. The number of nitrogens with two attached hydrogens (primary N) is 1. The Kier molecular flexibility index (Phi) is 5.56. The Hall–Kier alpha value is -1.13. The SMILES string of the molecule is CC(C)OCCN(C)c1ccc([C@@H](C)N)cc1F. The summed E-state index contributed by atoms with van der Waals surface area (Å²) >= 11 is 0. The van der Waals surface area contributed by atoms with Crippen LogP contribution in [0.5, 0.6) is 0 Å². The molecule has 0 spiro atoms. The maximum absolute atomic E-state index is 13.9. The minimum Gasteiger partial charge on any atom is -0.377 e. The van der Waals surface area contributed by atoms with E-state index in [2.05, 4.69) is 0 Å². The molecule has 0 saturated heterocycles. The molecule has 1 aromatic rings. The smallest absolute Gasteiger partial charge is 0.146 e. The third-order valence-electron chi connectivity index (χ3n) is 2.79. The van der Waals surface area contributed by atoms with Gasteiger partial charge in [-0.1, -0.05) is 6.07 Å². The van der Waals surface area contributed by atoms with Gasteiger partial charge < -0.3 is 15.4 Å². The minimum absolute atomic E-state index is 0.150. The molecule has 1 atom stereocenters. The molecular formula is C14H23FN2O. The van der Waals surface area contributed by atoms with E-state index in [9.17, 15) is 4.39 Å². The molecule has 18 heavy (non-hydrogen) atoms. The highest BCUT2D eigenvalue weighted by molar-refractivity contribution is 5.48. The molecule has 0 aliphatic heterocycles. The first-order valence-electron chi connectivity index (χ1n) is 6.29. The quantitative estimate of drug-likeness (QED) is 0.848. The summed E-state index contributed by atoms with van der Waals surface area (Å²) in [5.41, 5.74) is 7.11. The number of hydrogen-bond donors (Lipinski definition) is 1. The van der Waals surface area contributed by atoms with Gasteiger partial charge in [0.2, 0.25) is 0 Å². The molecule has 3 nitrogen and oxygen atoms in total. The largest absolute Gasteiger partial charge is 0.377 e. The number of anilines is 1. The first-order valence-corrected chi connectivity index (χ1v) is 6.29. The van der Waals surface area contributed by atoms with E-state index in [1.165, 1.54) is 6.07 Å². The zero-order chi connectivity index (χ0) is 13.7. The summed E-state index contributed by atoms with van der Waals surface area (Å²) in [7, 11) is 1.85. The summed E-state index contributed by atoms with van der Waals surface area (Å²) in [5.74, 6) is -0.239. The molecule has 4 heteroatoms. The summed E-state index contributed by atoms with van der Waals surface area (Å²) in [6, 6.07) is 4.98. The van der Waals surface area contributed by atoms with Crippen molar-refractivity contribution in [3.05, 3.63) is 29.6 Å². The predicted molar refractivity (Wildman–Crippen MR) is 73.4 cm³/mol. The van der Waals surface area contributed by atoms with Crippen LogP contribution in [0.25, 0.3) is 0 Å². The van der Waals surface area contributed by atoms with Crippen molar-refractivity contribution in [2.45, 2.75) is 32.9 Å². The van der Waals surface area contributed by atoms with Crippen molar-refractivity contribution in [2.75, 3.05) is 25.1 Å². The van der Waals surface area contributed by atoms with Gasteiger partial charge in [0.05, 0.1) is 18.4 Å². The van der Waals surface area contributed by atoms with Crippen LogP contribution in [-0.4, -0.2) is 26.3 Å². The third-order valence-corrected chi connectivity index (χ3v) is 2.79. The van der Waals surface area contributed by atoms with Crippen molar-refractivity contribution in [1.29, 1.82) is 0 Å². The van der Waals surface area contributed by atoms with E-state index < -0.39 is 0 Å². The lowest BCUT2D eigenvalue weighted by atomic mass is 10.1. The first-order chi connectivity index (χ1) is 8.41. The Bertz CT molecular complexity index is 380. The van der Waals surface area contributed by atoms with E-state index in [-0.39, 0.29) is 18.0 Å². The number of rotatable bonds is 6. The maximum Gasteiger partial charge on any atom is 0.146 e. The van der Waals surface area contributed by atoms with Gasteiger partial charge in [0.1, 0.15) is 5.82 Å². The highest BCUT2D eigenvalue weighted by Crippen LogP contribution is 2.21. The van der Waals surface area contributed by atoms with Gasteiger partial charge in [0.15, 0.2) is 0 Å². The number of hydrogen-bond acceptors (Lipinski definition) is 3. The number of ether oxygens (including phenoxy) is 1. The van der Waals surface area contributed by atoms with E-state index in [1.807, 2.05) is 38.8 Å². The fourth-order valence-corrected chi connectivity index (χ4v) is 1.66. The average molecular weight is 254 g/mol. The van der Waals surface area contributed by atoms with Crippen molar-refractivity contribution in [3.8, 4) is 0 Å². The molecule has 0 amide bonds. The third kappa shape index (κ3) is 4.27. The summed E-state index contributed by atoms with van der Waals surface area (Å²) in [6.07, 6.45) is 0.198. The Labute approximate surface area is 109 Å². The fourth-order valence-electron chi connectivity index (χ4n) is 1.66. The predicted octanol–water partition coefficient (Wildman–Crippen LogP) is 2.71. The van der Waals surface area contributed by atoms with Gasteiger partial charge >= 0.3 is 0 Å². The second kappa shape index (κ2) is 6.71. The summed E-state index contributed by atoms with van der Waals surface area (Å²) in [6.45, 7) is 7.06. The highest BCUT2D eigenvalue weighted by atomic mass is 19.1. The summed E-state index contributed by atoms with van der Waals surface area (Å²) in [5, 5.41) is 0. The number of likely N-dealkylation sites (N-methyl/N-ethyl adjacent to an activating group) is 1. The standard InChI is InChI=1S/C14H23FN2O/c1-10(2)18-8-7-17(4)14-6-5-12(11(3)16)9-13(14)15/h5-6,9-11H,7-8,16H2,1-4H3/t11-/m1/s1. The molecule has 0 bridgehead atoms. The fraction of sp³-hybridized carbons (Fsp3) is 0.571. The lowest BCUT2D eigenvalue weighted by Gasteiger charge is -2.21. The molecule has 2 N–H and O–H groups in total. The zero-order valence-electron chi connectivity index (χ0n) is 11.6. The van der Waals surface area contributed by atoms with Crippen molar-refractivity contribution in [2.24, 2.45) is 5.73 Å². The Balaban J connectivity index is 2.65. The number of benzene rings is 1. The molecule has 0 unspecified atom stereocenters. The van der Waals surface area contributed by atoms with Crippen LogP contribution in [-0.2, 0) is 4.74 Å². The molecule has 1 aromatic carbocycles. The number of nitrogens with zero attached hydrogens (tertiary/aromatic N) is 1. The van der Waals surface area contributed by atoms with Gasteiger partial charge in [0, 0.05) is 19.6 Å². The first kappa shape index (κ1) is 14.9. The molecule has 0 fully saturated rings. The van der Waals surface area contributed by atoms with Crippen molar-refractivity contribution >= 4 is 5.69 Å². The molecular weight excluding hydrogens is 231 g/mol. The molecule has 0 radical (unpaired) electrons. The molecule has 0 heterocycles. The highest BCUT2D eigenvalue weighted by Gasteiger charge is 2.10. The van der Waals surface area contributed by atoms with E-state index in [0.717, 1.165) is 5.56 Å². The van der Waals surface area contributed by atoms with Crippen LogP contribution in [0.3, 0.4) is 0 Å². The molecule has 0 aromatic heterocycles. The van der Waals surface area contributed by atoms with Crippen LogP contribution in [0.2, 0.25) is 0 Å². The van der Waals surface area contributed by atoms with Gasteiger partial charge in [-0.25, -0.2) is 4.39 Å². The van der Waals surface area contributed by atoms with Crippen LogP contribution in [0, 0.1) is 5.82 Å². The number of halogens is 1. The molecule has 0 saturated carbocycles. The minimum atomic E-state index is -0.239. The van der Waals surface area contributed by atoms with Crippen molar-refractivity contribution in [1.82, 2.24) is 0 Å². The van der Waals surface area contributed by atoms with Gasteiger partial charge in [-0.05, 0) is 38.5 Å². The van der Waals surface area contributed by atoms with Crippen LogP contribution < -0.4 is 10.6 Å². The monoisotopic (exact) mass is 254 g/mol. The molecule has 0 aliphatic carbocycles. The average Bonchev–Trinajstić information content (AvgIpc) is 2.27. The van der Waals surface area contributed by atoms with Crippen LogP contribution in [0.4, 0.5) is 10.1 Å². The topological polar surface area (TPSA) is 38.5 Å². The summed E-state index contributed by atoms with van der Waals surface area (Å²) in [4.78, 5) is 1.85.